The van der Waals surface area contributed by atoms with Crippen LogP contribution < -0.4 is 4.72 Å². The number of anilines is 1. The van der Waals surface area contributed by atoms with Crippen LogP contribution in [0.4, 0.5) is 10.1 Å². The second kappa shape index (κ2) is 6.13. The highest BCUT2D eigenvalue weighted by Gasteiger charge is 2.19. The fourth-order valence-corrected chi connectivity index (χ4v) is 3.94. The van der Waals surface area contributed by atoms with Crippen molar-refractivity contribution in [2.24, 2.45) is 0 Å². The monoisotopic (exact) mass is 373 g/mol. The van der Waals surface area contributed by atoms with E-state index in [0.29, 0.717) is 21.3 Å². The third-order valence-corrected chi connectivity index (χ3v) is 5.26. The number of aryl methyl sites for hydroxylation is 1. The second-order valence-corrected chi connectivity index (χ2v) is 6.99. The lowest BCUT2D eigenvalue weighted by Crippen LogP contribution is -2.14. The lowest BCUT2D eigenvalue weighted by atomic mass is 10.2. The molecule has 0 saturated carbocycles. The van der Waals surface area contributed by atoms with Gasteiger partial charge in [-0.3, -0.25) is 4.72 Å². The van der Waals surface area contributed by atoms with Crippen LogP contribution in [-0.2, 0) is 16.6 Å². The summed E-state index contributed by atoms with van der Waals surface area (Å²) in [6.07, 6.45) is 0. The van der Waals surface area contributed by atoms with E-state index in [2.05, 4.69) is 20.7 Å². The average Bonchev–Trinajstić information content (AvgIpc) is 2.42. The molecule has 0 aliphatic heterocycles. The molecule has 0 radical (unpaired) electrons. The lowest BCUT2D eigenvalue weighted by Gasteiger charge is -2.12. The van der Waals surface area contributed by atoms with E-state index in [0.717, 1.165) is 0 Å². The number of aliphatic hydroxyl groups excluding tert-OH is 1. The van der Waals surface area contributed by atoms with Crippen LogP contribution in [0.1, 0.15) is 11.1 Å². The summed E-state index contributed by atoms with van der Waals surface area (Å²) in [5.74, 6) is -0.432. The Balaban J connectivity index is 2.43. The van der Waals surface area contributed by atoms with Crippen LogP contribution in [-0.4, -0.2) is 13.5 Å². The zero-order chi connectivity index (χ0) is 15.6. The fourth-order valence-electron chi connectivity index (χ4n) is 1.79. The zero-order valence-electron chi connectivity index (χ0n) is 11.1. The second-order valence-electron chi connectivity index (χ2n) is 4.49. The highest BCUT2D eigenvalue weighted by Crippen LogP contribution is 2.26. The standard InChI is InChI=1S/C14H13BrFNO3S/c1-9-6-11(16)3-5-13(9)17-21(19,20)14-7-10(8-18)2-4-12(14)15/h2-7,17-18H,8H2,1H3. The largest absolute Gasteiger partial charge is 0.392 e. The summed E-state index contributed by atoms with van der Waals surface area (Å²) in [7, 11) is -3.84. The van der Waals surface area contributed by atoms with Gasteiger partial charge in [0, 0.05) is 4.47 Å². The molecule has 0 bridgehead atoms. The number of benzene rings is 2. The van der Waals surface area contributed by atoms with Gasteiger partial charge in [0.2, 0.25) is 0 Å². The van der Waals surface area contributed by atoms with Gasteiger partial charge in [-0.05, 0) is 64.3 Å². The molecule has 0 heterocycles. The molecule has 0 aromatic heterocycles. The van der Waals surface area contributed by atoms with E-state index in [9.17, 15) is 12.8 Å². The molecule has 7 heteroatoms. The van der Waals surface area contributed by atoms with Crippen molar-refractivity contribution in [3.05, 3.63) is 57.8 Å². The molecule has 2 rings (SSSR count). The van der Waals surface area contributed by atoms with Crippen molar-refractivity contribution in [1.29, 1.82) is 0 Å². The molecule has 0 aliphatic carbocycles. The Hall–Kier alpha value is -1.44. The van der Waals surface area contributed by atoms with Crippen LogP contribution in [0, 0.1) is 12.7 Å². The zero-order valence-corrected chi connectivity index (χ0v) is 13.5. The lowest BCUT2D eigenvalue weighted by molar-refractivity contribution is 0.281. The third kappa shape index (κ3) is 3.61. The summed E-state index contributed by atoms with van der Waals surface area (Å²) in [6, 6.07) is 8.35. The Morgan fingerprint density at radius 2 is 1.95 bits per heavy atom. The first-order valence-electron chi connectivity index (χ1n) is 6.02. The average molecular weight is 374 g/mol. The smallest absolute Gasteiger partial charge is 0.263 e. The van der Waals surface area contributed by atoms with Gasteiger partial charge < -0.3 is 5.11 Å². The minimum atomic E-state index is -3.84. The molecular formula is C14H13BrFNO3S. The highest BCUT2D eigenvalue weighted by molar-refractivity contribution is 9.10. The molecule has 0 aliphatic rings. The minimum absolute atomic E-state index is 0.0118. The first-order valence-corrected chi connectivity index (χ1v) is 8.29. The van der Waals surface area contributed by atoms with E-state index in [1.54, 1.807) is 19.1 Å². The maximum atomic E-state index is 13.1. The van der Waals surface area contributed by atoms with Gasteiger partial charge >= 0.3 is 0 Å². The fraction of sp³-hybridized carbons (Fsp3) is 0.143. The molecule has 0 saturated heterocycles. The van der Waals surface area contributed by atoms with Gasteiger partial charge in [-0.25, -0.2) is 12.8 Å². The number of hydrogen-bond acceptors (Lipinski definition) is 3. The SMILES string of the molecule is Cc1cc(F)ccc1NS(=O)(=O)c1cc(CO)ccc1Br. The maximum Gasteiger partial charge on any atom is 0.263 e. The van der Waals surface area contributed by atoms with E-state index in [4.69, 9.17) is 5.11 Å². The molecule has 4 nitrogen and oxygen atoms in total. The Labute approximate surface area is 130 Å². The maximum absolute atomic E-state index is 13.1. The van der Waals surface area contributed by atoms with Crippen molar-refractivity contribution in [3.63, 3.8) is 0 Å². The summed E-state index contributed by atoms with van der Waals surface area (Å²) in [4.78, 5) is 0.0118. The molecule has 21 heavy (non-hydrogen) atoms. The summed E-state index contributed by atoms with van der Waals surface area (Å²) in [5, 5.41) is 9.11. The van der Waals surface area contributed by atoms with E-state index in [-0.39, 0.29) is 11.5 Å². The van der Waals surface area contributed by atoms with Gasteiger partial charge in [-0.1, -0.05) is 6.07 Å². The van der Waals surface area contributed by atoms with Gasteiger partial charge in [0.05, 0.1) is 12.3 Å². The predicted molar refractivity (Wildman–Crippen MR) is 82.0 cm³/mol. The van der Waals surface area contributed by atoms with E-state index >= 15 is 0 Å². The molecule has 0 fully saturated rings. The first kappa shape index (κ1) is 15.9. The van der Waals surface area contributed by atoms with E-state index in [1.807, 2.05) is 0 Å². The molecule has 2 N–H and O–H groups in total. The van der Waals surface area contributed by atoms with Crippen LogP contribution in [0.3, 0.4) is 0 Å². The topological polar surface area (TPSA) is 66.4 Å². The summed E-state index contributed by atoms with van der Waals surface area (Å²) in [6.45, 7) is 1.35. The van der Waals surface area contributed by atoms with Crippen LogP contribution in [0.25, 0.3) is 0 Å². The number of sulfonamides is 1. The van der Waals surface area contributed by atoms with Gasteiger partial charge in [0.15, 0.2) is 0 Å². The van der Waals surface area contributed by atoms with E-state index in [1.165, 1.54) is 24.3 Å². The molecule has 112 valence electrons. The Morgan fingerprint density at radius 3 is 2.57 bits per heavy atom. The highest BCUT2D eigenvalue weighted by atomic mass is 79.9. The molecule has 2 aromatic rings. The number of aliphatic hydroxyl groups is 1. The summed E-state index contributed by atoms with van der Waals surface area (Å²) in [5.41, 5.74) is 1.26. The first-order chi connectivity index (χ1) is 9.83. The Bertz CT molecular complexity index is 778. The number of hydrogen-bond donors (Lipinski definition) is 2. The number of nitrogens with one attached hydrogen (secondary N) is 1. The molecule has 0 spiro atoms. The number of rotatable bonds is 4. The van der Waals surface area contributed by atoms with Crippen LogP contribution in [0.2, 0.25) is 0 Å². The van der Waals surface area contributed by atoms with Crippen LogP contribution in [0.15, 0.2) is 45.8 Å². The molecule has 0 atom stereocenters. The van der Waals surface area contributed by atoms with Crippen molar-refractivity contribution < 1.29 is 17.9 Å². The Morgan fingerprint density at radius 1 is 1.24 bits per heavy atom. The van der Waals surface area contributed by atoms with Crippen molar-refractivity contribution in [2.45, 2.75) is 18.4 Å². The van der Waals surface area contributed by atoms with E-state index < -0.39 is 15.8 Å². The molecule has 0 amide bonds. The molecule has 0 unspecified atom stereocenters. The van der Waals surface area contributed by atoms with Gasteiger partial charge in [0.1, 0.15) is 10.7 Å². The molecule has 2 aromatic carbocycles. The number of halogens is 2. The Kier molecular flexibility index (Phi) is 4.65. The molecular weight excluding hydrogens is 361 g/mol. The normalized spacial score (nSPS) is 11.4. The van der Waals surface area contributed by atoms with Crippen molar-refractivity contribution in [3.8, 4) is 0 Å². The van der Waals surface area contributed by atoms with Crippen LogP contribution in [0.5, 0.6) is 0 Å². The quantitative estimate of drug-likeness (QED) is 0.864. The van der Waals surface area contributed by atoms with Gasteiger partial charge in [-0.15, -0.1) is 0 Å². The summed E-state index contributed by atoms with van der Waals surface area (Å²) >= 11 is 3.18. The van der Waals surface area contributed by atoms with Crippen molar-refractivity contribution in [2.75, 3.05) is 4.72 Å². The summed E-state index contributed by atoms with van der Waals surface area (Å²) < 4.78 is 40.7. The minimum Gasteiger partial charge on any atom is -0.392 e. The van der Waals surface area contributed by atoms with Gasteiger partial charge in [0.25, 0.3) is 10.0 Å². The van der Waals surface area contributed by atoms with Crippen LogP contribution >= 0.6 is 15.9 Å². The van der Waals surface area contributed by atoms with Gasteiger partial charge in [-0.2, -0.15) is 0 Å². The predicted octanol–water partition coefficient (Wildman–Crippen LogP) is 3.19. The van der Waals surface area contributed by atoms with Crippen molar-refractivity contribution >= 4 is 31.6 Å². The third-order valence-electron chi connectivity index (χ3n) is 2.90. The van der Waals surface area contributed by atoms with Crippen molar-refractivity contribution in [1.82, 2.24) is 0 Å².